The molecule has 1 aliphatic rings. The molecule has 130 valence electrons. The molecule has 0 radical (unpaired) electrons. The van der Waals surface area contributed by atoms with Crippen molar-refractivity contribution in [3.05, 3.63) is 59.0 Å². The Hall–Kier alpha value is -2.49. The average Bonchev–Trinajstić information content (AvgIpc) is 2.67. The highest BCUT2D eigenvalue weighted by Crippen LogP contribution is 2.33. The third kappa shape index (κ3) is 3.78. The first-order valence-electron chi connectivity index (χ1n) is 8.21. The summed E-state index contributed by atoms with van der Waals surface area (Å²) in [5.41, 5.74) is 1.09. The van der Waals surface area contributed by atoms with Crippen molar-refractivity contribution in [3.8, 4) is 11.9 Å². The molecule has 2 aromatic rings. The number of piperidine rings is 1. The number of nitrogens with zero attached hydrogens (tertiary/aromatic N) is 2. The topological polar surface area (TPSA) is 67.2 Å². The van der Waals surface area contributed by atoms with Gasteiger partial charge in [0.15, 0.2) is 0 Å². The van der Waals surface area contributed by atoms with Crippen LogP contribution in [0.2, 0.25) is 0 Å². The third-order valence-electron chi connectivity index (χ3n) is 4.55. The van der Waals surface area contributed by atoms with Gasteiger partial charge < -0.3 is 14.8 Å². The summed E-state index contributed by atoms with van der Waals surface area (Å²) in [6.45, 7) is 1.80. The first-order chi connectivity index (χ1) is 12.2. The number of ether oxygens (including phenoxy) is 2. The number of aromatic nitrogens is 1. The number of rotatable bonds is 5. The van der Waals surface area contributed by atoms with E-state index in [2.05, 4.69) is 10.3 Å². The van der Waals surface area contributed by atoms with Crippen molar-refractivity contribution in [3.63, 3.8) is 0 Å². The molecule has 6 heteroatoms. The van der Waals surface area contributed by atoms with E-state index in [4.69, 9.17) is 14.7 Å². The van der Waals surface area contributed by atoms with Gasteiger partial charge in [0.2, 0.25) is 5.88 Å². The first-order valence-corrected chi connectivity index (χ1v) is 8.21. The predicted octanol–water partition coefficient (Wildman–Crippen LogP) is 2.90. The number of benzene rings is 1. The van der Waals surface area contributed by atoms with Crippen LogP contribution in [0.3, 0.4) is 0 Å². The van der Waals surface area contributed by atoms with Gasteiger partial charge in [-0.15, -0.1) is 0 Å². The van der Waals surface area contributed by atoms with Crippen molar-refractivity contribution in [2.45, 2.75) is 25.0 Å². The van der Waals surface area contributed by atoms with Crippen LogP contribution >= 0.6 is 0 Å². The molecule has 5 nitrogen and oxygen atoms in total. The van der Waals surface area contributed by atoms with Crippen LogP contribution in [0.4, 0.5) is 4.39 Å². The third-order valence-corrected chi connectivity index (χ3v) is 4.55. The highest BCUT2D eigenvalue weighted by molar-refractivity contribution is 5.33. The number of nitrogens with one attached hydrogen (secondary N) is 1. The zero-order valence-electron chi connectivity index (χ0n) is 14.1. The fraction of sp³-hybridized carbons (Fsp3) is 0.368. The lowest BCUT2D eigenvalue weighted by Gasteiger charge is -2.35. The molecular weight excluding hydrogens is 321 g/mol. The van der Waals surface area contributed by atoms with Gasteiger partial charge in [0, 0.05) is 18.7 Å². The Morgan fingerprint density at radius 2 is 2.08 bits per heavy atom. The summed E-state index contributed by atoms with van der Waals surface area (Å²) in [6.07, 6.45) is 1.68. The van der Waals surface area contributed by atoms with E-state index < -0.39 is 11.4 Å². The number of halogens is 1. The van der Waals surface area contributed by atoms with Crippen molar-refractivity contribution in [2.75, 3.05) is 20.2 Å². The number of methoxy groups -OCH3 is 1. The molecule has 0 bridgehead atoms. The lowest BCUT2D eigenvalue weighted by Crippen LogP contribution is -2.41. The number of nitriles is 1. The van der Waals surface area contributed by atoms with Gasteiger partial charge >= 0.3 is 0 Å². The fourth-order valence-electron chi connectivity index (χ4n) is 3.03. The molecular formula is C19H20FN3O2. The van der Waals surface area contributed by atoms with Gasteiger partial charge in [-0.2, -0.15) is 5.26 Å². The Balaban J connectivity index is 1.75. The smallest absolute Gasteiger partial charge is 0.213 e. The van der Waals surface area contributed by atoms with Crippen LogP contribution in [0.1, 0.15) is 29.7 Å². The van der Waals surface area contributed by atoms with E-state index in [0.29, 0.717) is 11.4 Å². The van der Waals surface area contributed by atoms with Crippen LogP contribution in [0.15, 0.2) is 36.4 Å². The van der Waals surface area contributed by atoms with E-state index in [1.165, 1.54) is 6.07 Å². The molecule has 3 rings (SSSR count). The average molecular weight is 341 g/mol. The van der Waals surface area contributed by atoms with E-state index in [9.17, 15) is 4.39 Å². The van der Waals surface area contributed by atoms with E-state index in [1.807, 2.05) is 18.2 Å². The second kappa shape index (κ2) is 7.60. The molecule has 0 amide bonds. The summed E-state index contributed by atoms with van der Waals surface area (Å²) in [6, 6.07) is 11.8. The van der Waals surface area contributed by atoms with Crippen LogP contribution in [0.5, 0.6) is 5.88 Å². The minimum absolute atomic E-state index is 0.0511. The second-order valence-electron chi connectivity index (χ2n) is 6.02. The maximum Gasteiger partial charge on any atom is 0.213 e. The van der Waals surface area contributed by atoms with E-state index in [0.717, 1.165) is 31.6 Å². The van der Waals surface area contributed by atoms with Crippen molar-refractivity contribution in [1.82, 2.24) is 10.3 Å². The van der Waals surface area contributed by atoms with Gasteiger partial charge in [-0.05, 0) is 44.1 Å². The fourth-order valence-corrected chi connectivity index (χ4v) is 3.03. The van der Waals surface area contributed by atoms with Crippen LogP contribution in [-0.2, 0) is 16.9 Å². The second-order valence-corrected chi connectivity index (χ2v) is 6.02. The summed E-state index contributed by atoms with van der Waals surface area (Å²) >= 11 is 0. The summed E-state index contributed by atoms with van der Waals surface area (Å²) in [7, 11) is 1.70. The molecule has 2 heterocycles. The molecule has 1 fully saturated rings. The summed E-state index contributed by atoms with van der Waals surface area (Å²) in [4.78, 5) is 4.57. The van der Waals surface area contributed by atoms with Gasteiger partial charge in [-0.25, -0.2) is 9.37 Å². The molecule has 1 aromatic carbocycles. The molecule has 0 aliphatic carbocycles. The molecule has 0 atom stereocenters. The number of pyridine rings is 1. The molecule has 1 N–H and O–H groups in total. The lowest BCUT2D eigenvalue weighted by atomic mass is 9.88. The first kappa shape index (κ1) is 17.3. The largest absolute Gasteiger partial charge is 0.473 e. The van der Waals surface area contributed by atoms with Crippen LogP contribution in [0, 0.1) is 17.1 Å². The molecule has 0 unspecified atom stereocenters. The minimum atomic E-state index is -0.457. The van der Waals surface area contributed by atoms with Crippen molar-refractivity contribution in [2.24, 2.45) is 0 Å². The van der Waals surface area contributed by atoms with E-state index in [1.54, 1.807) is 25.3 Å². The van der Waals surface area contributed by atoms with Gasteiger partial charge in [-0.1, -0.05) is 12.1 Å². The Kier molecular flexibility index (Phi) is 5.27. The maximum atomic E-state index is 13.9. The van der Waals surface area contributed by atoms with Gasteiger partial charge in [0.25, 0.3) is 0 Å². The number of hydrogen-bond acceptors (Lipinski definition) is 5. The molecule has 1 saturated heterocycles. The van der Waals surface area contributed by atoms with Crippen molar-refractivity contribution < 1.29 is 13.9 Å². The Labute approximate surface area is 146 Å². The van der Waals surface area contributed by atoms with Crippen molar-refractivity contribution in [1.29, 1.82) is 5.26 Å². The molecule has 1 aliphatic heterocycles. The standard InChI is InChI=1S/C19H20FN3O2/c1-24-19(7-9-22-10-8-19)17-3-2-4-18(23-17)25-13-15-6-5-14(12-21)11-16(15)20/h2-6,11,22H,7-10,13H2,1H3. The van der Waals surface area contributed by atoms with Crippen LogP contribution < -0.4 is 10.1 Å². The molecule has 0 saturated carbocycles. The summed E-state index contributed by atoms with van der Waals surface area (Å²) in [5.74, 6) is -0.0295. The quantitative estimate of drug-likeness (QED) is 0.906. The van der Waals surface area contributed by atoms with E-state index in [-0.39, 0.29) is 12.2 Å². The molecule has 1 aromatic heterocycles. The normalized spacial score (nSPS) is 16.2. The maximum absolute atomic E-state index is 13.9. The van der Waals surface area contributed by atoms with Crippen LogP contribution in [-0.4, -0.2) is 25.2 Å². The Morgan fingerprint density at radius 1 is 1.28 bits per heavy atom. The Bertz CT molecular complexity index is 782. The highest BCUT2D eigenvalue weighted by atomic mass is 19.1. The lowest BCUT2D eigenvalue weighted by molar-refractivity contribution is -0.0429. The SMILES string of the molecule is COC1(c2cccc(OCc3ccc(C#N)cc3F)n2)CCNCC1. The summed E-state index contributed by atoms with van der Waals surface area (Å²) in [5, 5.41) is 12.1. The zero-order chi connectivity index (χ0) is 17.7. The Morgan fingerprint density at radius 3 is 2.76 bits per heavy atom. The van der Waals surface area contributed by atoms with Gasteiger partial charge in [0.1, 0.15) is 18.0 Å². The molecule has 25 heavy (non-hydrogen) atoms. The van der Waals surface area contributed by atoms with E-state index >= 15 is 0 Å². The minimum Gasteiger partial charge on any atom is -0.473 e. The van der Waals surface area contributed by atoms with Gasteiger partial charge in [0.05, 0.1) is 17.3 Å². The predicted molar refractivity (Wildman–Crippen MR) is 90.5 cm³/mol. The number of hydrogen-bond donors (Lipinski definition) is 1. The zero-order valence-corrected chi connectivity index (χ0v) is 14.1. The van der Waals surface area contributed by atoms with Crippen LogP contribution in [0.25, 0.3) is 0 Å². The summed E-state index contributed by atoms with van der Waals surface area (Å²) < 4.78 is 25.4. The monoisotopic (exact) mass is 341 g/mol. The molecule has 0 spiro atoms. The van der Waals surface area contributed by atoms with Crippen molar-refractivity contribution >= 4 is 0 Å². The van der Waals surface area contributed by atoms with Gasteiger partial charge in [-0.3, -0.25) is 0 Å². The highest BCUT2D eigenvalue weighted by Gasteiger charge is 2.35.